The Morgan fingerprint density at radius 1 is 1.00 bits per heavy atom. The predicted molar refractivity (Wildman–Crippen MR) is 123 cm³/mol. The van der Waals surface area contributed by atoms with Crippen LogP contribution in [0.4, 0.5) is 14.5 Å². The fraction of sp³-hybridized carbons (Fsp3) is 0.333. The number of rotatable bonds is 8. The zero-order valence-corrected chi connectivity index (χ0v) is 17.5. The van der Waals surface area contributed by atoms with E-state index in [0.717, 1.165) is 10.5 Å². The molecule has 0 aliphatic carbocycles. The molecule has 30 heavy (non-hydrogen) atoms. The molecule has 142 valence electrons. The number of hydrogen-bond acceptors (Lipinski definition) is 4. The largest absolute Gasteiger partial charge is 0.508 e. The van der Waals surface area contributed by atoms with E-state index in [4.69, 9.17) is 57.5 Å². The summed E-state index contributed by atoms with van der Waals surface area (Å²) in [6.45, 7) is 0.500. The third-order valence-electron chi connectivity index (χ3n) is 4.28. The summed E-state index contributed by atoms with van der Waals surface area (Å²) < 4.78 is 32.8. The molecule has 0 bridgehead atoms. The van der Waals surface area contributed by atoms with Gasteiger partial charge in [0.15, 0.2) is 0 Å². The van der Waals surface area contributed by atoms with E-state index in [0.29, 0.717) is 17.1 Å². The van der Waals surface area contributed by atoms with Crippen LogP contribution in [0.25, 0.3) is 0 Å². The molecule has 0 unspecified atom stereocenters. The molecule has 2 N–H and O–H groups in total. The van der Waals surface area contributed by atoms with Gasteiger partial charge in [0.25, 0.3) is 0 Å². The van der Waals surface area contributed by atoms with Crippen LogP contribution in [0.3, 0.4) is 0 Å². The average molecular weight is 411 g/mol. The van der Waals surface area contributed by atoms with Gasteiger partial charge in [0.1, 0.15) is 43.0 Å². The van der Waals surface area contributed by atoms with E-state index in [1.807, 2.05) is 19.0 Å². The molecule has 0 saturated heterocycles. The van der Waals surface area contributed by atoms with Gasteiger partial charge in [-0.3, -0.25) is 4.39 Å². The fourth-order valence-corrected chi connectivity index (χ4v) is 3.43. The Morgan fingerprint density at radius 3 is 2.13 bits per heavy atom. The van der Waals surface area contributed by atoms with Gasteiger partial charge in [0, 0.05) is 32.9 Å². The van der Waals surface area contributed by atoms with Crippen molar-refractivity contribution in [2.75, 3.05) is 19.8 Å². The minimum absolute atomic E-state index is 0.165. The van der Waals surface area contributed by atoms with Crippen molar-refractivity contribution in [2.24, 2.45) is 0 Å². The van der Waals surface area contributed by atoms with Gasteiger partial charge in [0.05, 0.1) is 15.7 Å². The van der Waals surface area contributed by atoms with E-state index in [-0.39, 0.29) is 5.75 Å². The number of anilines is 1. The number of ether oxygens (including phenoxy) is 1. The molecule has 2 aromatic carbocycles. The highest BCUT2D eigenvalue weighted by atomic mass is 32.2. The first-order chi connectivity index (χ1) is 13.6. The lowest BCUT2D eigenvalue weighted by Gasteiger charge is -2.51. The van der Waals surface area contributed by atoms with Gasteiger partial charge >= 0.3 is 0 Å². The quantitative estimate of drug-likeness (QED) is 0.527. The summed E-state index contributed by atoms with van der Waals surface area (Å²) in [7, 11) is 36.9. The van der Waals surface area contributed by atoms with Crippen LogP contribution in [0.1, 0.15) is 5.56 Å². The van der Waals surface area contributed by atoms with E-state index >= 15 is 0 Å². The van der Waals surface area contributed by atoms with Crippen LogP contribution in [0, 0.1) is 5.82 Å². The number of hydrogen-bond donors (Lipinski definition) is 1. The van der Waals surface area contributed by atoms with Gasteiger partial charge in [-0.05, 0) is 56.1 Å². The van der Waals surface area contributed by atoms with Crippen LogP contribution in [0.15, 0.2) is 46.2 Å². The summed E-state index contributed by atoms with van der Waals surface area (Å²) in [5.41, 5.74) is 3.90. The van der Waals surface area contributed by atoms with E-state index in [1.54, 1.807) is 24.3 Å². The smallest absolute Gasteiger partial charge is 0.125 e. The Labute approximate surface area is 188 Å². The van der Waals surface area contributed by atoms with Crippen molar-refractivity contribution in [2.45, 2.75) is 32.4 Å². The Hall–Kier alpha value is -1.40. The highest BCUT2D eigenvalue weighted by Crippen LogP contribution is 2.42. The molecule has 0 atom stereocenters. The predicted octanol–water partition coefficient (Wildman–Crippen LogP) is 1.40. The van der Waals surface area contributed by atoms with Gasteiger partial charge in [-0.2, -0.15) is 0 Å². The summed E-state index contributed by atoms with van der Waals surface area (Å²) in [5.74, 6) is -0.259. The zero-order valence-electron chi connectivity index (χ0n) is 16.7. The zero-order chi connectivity index (χ0) is 22.9. The third-order valence-corrected chi connectivity index (χ3v) is 5.49. The molecule has 0 fully saturated rings. The first kappa shape index (κ1) is 24.9. The topological polar surface area (TPSA) is 38.5 Å². The van der Waals surface area contributed by atoms with E-state index in [9.17, 15) is 8.78 Å². The average Bonchev–Trinajstić information content (AvgIpc) is 2.57. The molecule has 0 aromatic heterocycles. The number of nitrogen functional groups attached to an aromatic ring is 1. The summed E-state index contributed by atoms with van der Waals surface area (Å²) >= 11 is 1.34. The highest BCUT2D eigenvalue weighted by Gasteiger charge is 2.47. The maximum atomic E-state index is 14.0. The third kappa shape index (κ3) is 5.64. The van der Waals surface area contributed by atoms with Gasteiger partial charge in [-0.1, -0.05) is 17.0 Å². The van der Waals surface area contributed by atoms with Crippen LogP contribution < -0.4 is 10.5 Å². The first-order valence-corrected chi connectivity index (χ1v) is 9.57. The normalized spacial score (nSPS) is 12.8. The molecule has 3 nitrogen and oxygen atoms in total. The second-order valence-corrected chi connectivity index (χ2v) is 8.41. The molecular weight excluding hydrogens is 395 g/mol. The monoisotopic (exact) mass is 412 g/mol. The van der Waals surface area contributed by atoms with E-state index < -0.39 is 21.9 Å². The Balaban J connectivity index is 2.38. The minimum atomic E-state index is -3.11. The van der Waals surface area contributed by atoms with Crippen molar-refractivity contribution in [3.8, 4) is 5.75 Å². The minimum Gasteiger partial charge on any atom is -0.508 e. The Kier molecular flexibility index (Phi) is 7.45. The molecule has 0 heterocycles. The molecule has 2 rings (SSSR count). The number of alkyl halides is 1. The van der Waals surface area contributed by atoms with Crippen molar-refractivity contribution in [1.82, 2.24) is 4.90 Å². The van der Waals surface area contributed by atoms with Gasteiger partial charge < -0.3 is 15.4 Å². The number of nitrogens with two attached hydrogens (primary N) is 1. The van der Waals surface area contributed by atoms with Crippen LogP contribution in [0.5, 0.6) is 5.75 Å². The van der Waals surface area contributed by atoms with Crippen molar-refractivity contribution < 1.29 is 13.5 Å². The summed E-state index contributed by atoms with van der Waals surface area (Å²) in [6, 6.07) is 9.06. The number of benzene rings is 2. The molecular formula is C18H16B6F2N2OS. The first-order valence-electron chi connectivity index (χ1n) is 8.76. The van der Waals surface area contributed by atoms with Crippen molar-refractivity contribution in [3.05, 3.63) is 47.8 Å². The maximum Gasteiger partial charge on any atom is 0.125 e. The Morgan fingerprint density at radius 2 is 1.60 bits per heavy atom. The highest BCUT2D eigenvalue weighted by molar-refractivity contribution is 7.99. The van der Waals surface area contributed by atoms with E-state index in [2.05, 4.69) is 0 Å². The summed E-state index contributed by atoms with van der Waals surface area (Å²) in [5, 5.41) is -5.05. The Bertz CT molecular complexity index is 909. The molecule has 0 aliphatic heterocycles. The lowest BCUT2D eigenvalue weighted by atomic mass is 9.25. The van der Waals surface area contributed by atoms with E-state index in [1.165, 1.54) is 23.9 Å². The SMILES string of the molecule is [B]C([B])(F)C([B])([B])C([B])([B])Oc1ccc(Sc2ccc(F)cc2N)c(CN(C)C)c1. The summed E-state index contributed by atoms with van der Waals surface area (Å²) in [6.07, 6.45) is 0. The van der Waals surface area contributed by atoms with Crippen molar-refractivity contribution in [3.63, 3.8) is 0 Å². The standard InChI is InChI=1S/C18H16B6F2N2OS/c1-28(2)9-10-7-12(29-18(23,24)16(19,20)17(21,22)26)4-6-14(10)30-15-5-3-11(25)8-13(15)27/h3-8H,9,27H2,1-2H3. The maximum absolute atomic E-state index is 14.0. The van der Waals surface area contributed by atoms with Crippen molar-refractivity contribution >= 4 is 64.5 Å². The molecule has 0 aliphatic rings. The van der Waals surface area contributed by atoms with Gasteiger partial charge in [-0.15, -0.1) is 0 Å². The lowest BCUT2D eigenvalue weighted by Crippen LogP contribution is -2.60. The second kappa shape index (κ2) is 8.99. The molecule has 12 heteroatoms. The van der Waals surface area contributed by atoms with Crippen LogP contribution >= 0.6 is 11.8 Å². The number of nitrogens with zero attached hydrogens (tertiary/aromatic N) is 1. The molecule has 0 amide bonds. The fourth-order valence-electron chi connectivity index (χ4n) is 2.49. The second-order valence-electron chi connectivity index (χ2n) is 7.32. The van der Waals surface area contributed by atoms with Gasteiger partial charge in [-0.25, -0.2) is 4.39 Å². The molecule has 0 spiro atoms. The molecule has 0 saturated carbocycles. The van der Waals surface area contributed by atoms with Crippen LogP contribution in [-0.4, -0.2) is 76.9 Å². The number of halogens is 2. The molecule has 12 radical (unpaired) electrons. The van der Waals surface area contributed by atoms with Crippen molar-refractivity contribution in [1.29, 1.82) is 0 Å². The van der Waals surface area contributed by atoms with Crippen LogP contribution in [-0.2, 0) is 6.54 Å². The summed E-state index contributed by atoms with van der Waals surface area (Å²) in [4.78, 5) is 3.41. The lowest BCUT2D eigenvalue weighted by molar-refractivity contribution is 0.171. The van der Waals surface area contributed by atoms with Gasteiger partial charge in [0.2, 0.25) is 0 Å². The molecule has 2 aromatic rings. The van der Waals surface area contributed by atoms with Crippen LogP contribution in [0.2, 0.25) is 5.21 Å².